The quantitative estimate of drug-likeness (QED) is 0.705. The largest absolute Gasteiger partial charge is 0.380 e. The second kappa shape index (κ2) is 8.93. The van der Waals surface area contributed by atoms with E-state index >= 15 is 0 Å². The molecule has 1 N–H and O–H groups in total. The normalized spacial score (nSPS) is 10.8. The Morgan fingerprint density at radius 2 is 2.05 bits per heavy atom. The molecular formula is C16H29N3O. The molecule has 0 spiro atoms. The molecule has 0 atom stereocenters. The third kappa shape index (κ3) is 5.10. The van der Waals surface area contributed by atoms with Gasteiger partial charge >= 0.3 is 0 Å². The van der Waals surface area contributed by atoms with E-state index < -0.39 is 0 Å². The molecule has 1 heterocycles. The zero-order valence-electron chi connectivity index (χ0n) is 13.6. The van der Waals surface area contributed by atoms with Crippen molar-refractivity contribution in [2.75, 3.05) is 38.3 Å². The molecule has 0 unspecified atom stereocenters. The van der Waals surface area contributed by atoms with E-state index in [-0.39, 0.29) is 0 Å². The van der Waals surface area contributed by atoms with Crippen LogP contribution < -0.4 is 10.2 Å². The summed E-state index contributed by atoms with van der Waals surface area (Å²) in [4.78, 5) is 6.91. The summed E-state index contributed by atoms with van der Waals surface area (Å²) in [6.45, 7) is 12.7. The second-order valence-electron chi connectivity index (χ2n) is 5.18. The molecule has 0 fully saturated rings. The predicted molar refractivity (Wildman–Crippen MR) is 85.5 cm³/mol. The molecule has 0 aromatic carbocycles. The summed E-state index contributed by atoms with van der Waals surface area (Å²) in [5.74, 6) is 1.07. The fourth-order valence-electron chi connectivity index (χ4n) is 2.22. The van der Waals surface area contributed by atoms with Crippen LogP contribution in [0.3, 0.4) is 0 Å². The first-order valence-electron chi connectivity index (χ1n) is 7.56. The molecule has 1 rings (SSSR count). The van der Waals surface area contributed by atoms with Crippen LogP contribution in [0.4, 0.5) is 5.82 Å². The molecule has 4 nitrogen and oxygen atoms in total. The molecule has 0 aliphatic heterocycles. The van der Waals surface area contributed by atoms with E-state index in [1.54, 1.807) is 0 Å². The van der Waals surface area contributed by atoms with Crippen molar-refractivity contribution in [3.8, 4) is 0 Å². The minimum Gasteiger partial charge on any atom is -0.380 e. The lowest BCUT2D eigenvalue weighted by atomic mass is 10.1. The SMILES string of the molecule is CCCNCc1c(C)cc(C)nc1N(C)CCOCC. The third-order valence-electron chi connectivity index (χ3n) is 3.32. The molecule has 1 aromatic rings. The molecular weight excluding hydrogens is 250 g/mol. The second-order valence-corrected chi connectivity index (χ2v) is 5.18. The van der Waals surface area contributed by atoms with Gasteiger partial charge in [0.25, 0.3) is 0 Å². The maximum atomic E-state index is 5.44. The molecule has 4 heteroatoms. The first kappa shape index (κ1) is 16.9. The van der Waals surface area contributed by atoms with Gasteiger partial charge in [0.15, 0.2) is 0 Å². The zero-order valence-corrected chi connectivity index (χ0v) is 13.6. The van der Waals surface area contributed by atoms with Crippen molar-refractivity contribution in [2.45, 2.75) is 40.7 Å². The van der Waals surface area contributed by atoms with E-state index in [1.165, 1.54) is 11.1 Å². The van der Waals surface area contributed by atoms with Gasteiger partial charge in [-0.2, -0.15) is 0 Å². The van der Waals surface area contributed by atoms with Gasteiger partial charge in [0.1, 0.15) is 5.82 Å². The summed E-state index contributed by atoms with van der Waals surface area (Å²) in [7, 11) is 2.09. The van der Waals surface area contributed by atoms with E-state index in [2.05, 4.69) is 44.1 Å². The van der Waals surface area contributed by atoms with Crippen molar-refractivity contribution in [1.29, 1.82) is 0 Å². The van der Waals surface area contributed by atoms with Gasteiger partial charge in [0, 0.05) is 38.0 Å². The highest BCUT2D eigenvalue weighted by Gasteiger charge is 2.12. The monoisotopic (exact) mass is 279 g/mol. The summed E-state index contributed by atoms with van der Waals surface area (Å²) >= 11 is 0. The van der Waals surface area contributed by atoms with Crippen molar-refractivity contribution < 1.29 is 4.74 Å². The van der Waals surface area contributed by atoms with Crippen LogP contribution in [0.25, 0.3) is 0 Å². The molecule has 0 aliphatic carbocycles. The number of aromatic nitrogens is 1. The smallest absolute Gasteiger partial charge is 0.133 e. The zero-order chi connectivity index (χ0) is 15.0. The maximum Gasteiger partial charge on any atom is 0.133 e. The molecule has 0 radical (unpaired) electrons. The first-order chi connectivity index (χ1) is 9.60. The minimum atomic E-state index is 0.740. The van der Waals surface area contributed by atoms with Gasteiger partial charge in [-0.25, -0.2) is 4.98 Å². The number of likely N-dealkylation sites (N-methyl/N-ethyl adjacent to an activating group) is 1. The molecule has 0 amide bonds. The summed E-state index contributed by atoms with van der Waals surface area (Å²) < 4.78 is 5.44. The van der Waals surface area contributed by atoms with E-state index in [9.17, 15) is 0 Å². The number of hydrogen-bond donors (Lipinski definition) is 1. The molecule has 20 heavy (non-hydrogen) atoms. The number of nitrogens with one attached hydrogen (secondary N) is 1. The average molecular weight is 279 g/mol. The molecule has 114 valence electrons. The summed E-state index contributed by atoms with van der Waals surface area (Å²) in [6, 6.07) is 2.16. The Labute approximate surface area is 123 Å². The van der Waals surface area contributed by atoms with Gasteiger partial charge in [0.05, 0.1) is 6.61 Å². The van der Waals surface area contributed by atoms with Crippen molar-refractivity contribution in [3.05, 3.63) is 22.9 Å². The standard InChI is InChI=1S/C16H29N3O/c1-6-8-17-12-15-13(3)11-14(4)18-16(15)19(5)9-10-20-7-2/h11,17H,6-10,12H2,1-5H3. The van der Waals surface area contributed by atoms with Gasteiger partial charge in [-0.3, -0.25) is 0 Å². The Hall–Kier alpha value is -1.13. The third-order valence-corrected chi connectivity index (χ3v) is 3.32. The van der Waals surface area contributed by atoms with Gasteiger partial charge in [0.2, 0.25) is 0 Å². The van der Waals surface area contributed by atoms with E-state index in [0.717, 1.165) is 50.8 Å². The Morgan fingerprint density at radius 3 is 2.70 bits per heavy atom. The molecule has 0 aliphatic rings. The minimum absolute atomic E-state index is 0.740. The first-order valence-corrected chi connectivity index (χ1v) is 7.56. The number of rotatable bonds is 9. The average Bonchev–Trinajstić information content (AvgIpc) is 2.41. The van der Waals surface area contributed by atoms with Crippen LogP contribution in [-0.2, 0) is 11.3 Å². The number of hydrogen-bond acceptors (Lipinski definition) is 4. The van der Waals surface area contributed by atoms with Crippen molar-refractivity contribution in [3.63, 3.8) is 0 Å². The van der Waals surface area contributed by atoms with Crippen LogP contribution >= 0.6 is 0 Å². The van der Waals surface area contributed by atoms with Crippen LogP contribution in [0.2, 0.25) is 0 Å². The fourth-order valence-corrected chi connectivity index (χ4v) is 2.22. The Kier molecular flexibility index (Phi) is 7.55. The topological polar surface area (TPSA) is 37.4 Å². The van der Waals surface area contributed by atoms with E-state index in [0.29, 0.717) is 0 Å². The Balaban J connectivity index is 2.84. The number of ether oxygens (including phenoxy) is 1. The summed E-state index contributed by atoms with van der Waals surface area (Å²) in [5.41, 5.74) is 3.67. The fraction of sp³-hybridized carbons (Fsp3) is 0.688. The maximum absolute atomic E-state index is 5.44. The lowest BCUT2D eigenvalue weighted by molar-refractivity contribution is 0.154. The van der Waals surface area contributed by atoms with E-state index in [4.69, 9.17) is 9.72 Å². The van der Waals surface area contributed by atoms with Crippen LogP contribution in [0.15, 0.2) is 6.07 Å². The highest BCUT2D eigenvalue weighted by atomic mass is 16.5. The number of aryl methyl sites for hydroxylation is 2. The molecule has 1 aromatic heterocycles. The van der Waals surface area contributed by atoms with Crippen molar-refractivity contribution in [1.82, 2.24) is 10.3 Å². The van der Waals surface area contributed by atoms with Crippen molar-refractivity contribution in [2.24, 2.45) is 0 Å². The van der Waals surface area contributed by atoms with Crippen LogP contribution in [0.1, 0.15) is 37.1 Å². The number of nitrogens with zero attached hydrogens (tertiary/aromatic N) is 2. The lowest BCUT2D eigenvalue weighted by Gasteiger charge is -2.23. The van der Waals surface area contributed by atoms with Crippen molar-refractivity contribution >= 4 is 5.82 Å². The van der Waals surface area contributed by atoms with E-state index in [1.807, 2.05) is 6.92 Å². The van der Waals surface area contributed by atoms with Gasteiger partial charge in [-0.15, -0.1) is 0 Å². The van der Waals surface area contributed by atoms with Gasteiger partial charge in [-0.1, -0.05) is 6.92 Å². The van der Waals surface area contributed by atoms with Gasteiger partial charge in [-0.05, 0) is 45.4 Å². The lowest BCUT2D eigenvalue weighted by Crippen LogP contribution is -2.27. The van der Waals surface area contributed by atoms with Crippen LogP contribution in [-0.4, -0.2) is 38.3 Å². The van der Waals surface area contributed by atoms with Crippen LogP contribution in [0.5, 0.6) is 0 Å². The summed E-state index contributed by atoms with van der Waals surface area (Å²) in [6.07, 6.45) is 1.15. The number of anilines is 1. The van der Waals surface area contributed by atoms with Gasteiger partial charge < -0.3 is 15.0 Å². The molecule has 0 saturated heterocycles. The Morgan fingerprint density at radius 1 is 1.30 bits per heavy atom. The molecule has 0 saturated carbocycles. The van der Waals surface area contributed by atoms with Crippen LogP contribution in [0, 0.1) is 13.8 Å². The Bertz CT molecular complexity index is 407. The highest BCUT2D eigenvalue weighted by Crippen LogP contribution is 2.21. The predicted octanol–water partition coefficient (Wildman–Crippen LogP) is 2.67. The highest BCUT2D eigenvalue weighted by molar-refractivity contribution is 5.51. The summed E-state index contributed by atoms with van der Waals surface area (Å²) in [5, 5.41) is 3.48. The number of pyridine rings is 1. The molecule has 0 bridgehead atoms.